The number of allylic oxidation sites excluding steroid dienone is 1. The fourth-order valence-electron chi connectivity index (χ4n) is 3.25. The quantitative estimate of drug-likeness (QED) is 0.612. The van der Waals surface area contributed by atoms with Gasteiger partial charge in [-0.2, -0.15) is 0 Å². The number of aryl methyl sites for hydroxylation is 1. The molecule has 1 heterocycles. The standard InChI is InChI=1S/C18H21NO2/c1-13-7-9-16(10-8-13)19-17(20)12-15(18(19)21)11-14-5-3-2-4-6-14/h7-11,14H,2-6,12H2,1H3/b15-11+. The van der Waals surface area contributed by atoms with Crippen LogP contribution in [0.3, 0.4) is 0 Å². The first-order chi connectivity index (χ1) is 10.1. The first-order valence-electron chi connectivity index (χ1n) is 7.80. The number of hydrogen-bond donors (Lipinski definition) is 0. The smallest absolute Gasteiger partial charge is 0.261 e. The highest BCUT2D eigenvalue weighted by atomic mass is 16.2. The minimum atomic E-state index is -0.130. The average Bonchev–Trinajstić information content (AvgIpc) is 2.76. The van der Waals surface area contributed by atoms with Crippen LogP contribution in [0.4, 0.5) is 5.69 Å². The topological polar surface area (TPSA) is 37.4 Å². The van der Waals surface area contributed by atoms with Gasteiger partial charge < -0.3 is 0 Å². The lowest BCUT2D eigenvalue weighted by Crippen LogP contribution is -2.28. The van der Waals surface area contributed by atoms with E-state index in [0.29, 0.717) is 17.2 Å². The summed E-state index contributed by atoms with van der Waals surface area (Å²) in [6.45, 7) is 1.99. The molecule has 0 atom stereocenters. The number of carbonyl (C=O) groups is 2. The molecular weight excluding hydrogens is 262 g/mol. The van der Waals surface area contributed by atoms with Crippen LogP contribution in [0.25, 0.3) is 0 Å². The Labute approximate surface area is 125 Å². The van der Waals surface area contributed by atoms with Crippen LogP contribution in [-0.4, -0.2) is 11.8 Å². The zero-order valence-corrected chi connectivity index (χ0v) is 12.5. The van der Waals surface area contributed by atoms with Crippen LogP contribution in [0.5, 0.6) is 0 Å². The maximum atomic E-state index is 12.5. The van der Waals surface area contributed by atoms with Crippen molar-refractivity contribution in [3.63, 3.8) is 0 Å². The van der Waals surface area contributed by atoms with Gasteiger partial charge in [0.25, 0.3) is 5.91 Å². The number of benzene rings is 1. The van der Waals surface area contributed by atoms with Crippen LogP contribution < -0.4 is 4.90 Å². The molecule has 1 saturated heterocycles. The SMILES string of the molecule is Cc1ccc(N2C(=O)C/C(=C\C3CCCCC3)C2=O)cc1. The van der Waals surface area contributed by atoms with E-state index in [2.05, 4.69) is 6.08 Å². The van der Waals surface area contributed by atoms with Gasteiger partial charge in [-0.1, -0.05) is 43.0 Å². The van der Waals surface area contributed by atoms with E-state index >= 15 is 0 Å². The molecular formula is C18H21NO2. The van der Waals surface area contributed by atoms with Crippen molar-refractivity contribution in [1.29, 1.82) is 0 Å². The fourth-order valence-corrected chi connectivity index (χ4v) is 3.25. The van der Waals surface area contributed by atoms with Crippen molar-refractivity contribution in [3.05, 3.63) is 41.5 Å². The zero-order valence-electron chi connectivity index (χ0n) is 12.5. The predicted octanol–water partition coefficient (Wildman–Crippen LogP) is 3.77. The molecule has 0 bridgehead atoms. The van der Waals surface area contributed by atoms with Gasteiger partial charge in [-0.3, -0.25) is 9.59 Å². The Morgan fingerprint density at radius 3 is 2.38 bits per heavy atom. The van der Waals surface area contributed by atoms with E-state index in [1.807, 2.05) is 31.2 Å². The number of rotatable bonds is 2. The molecule has 3 nitrogen and oxygen atoms in total. The van der Waals surface area contributed by atoms with E-state index in [-0.39, 0.29) is 18.2 Å². The monoisotopic (exact) mass is 283 g/mol. The normalized spacial score (nSPS) is 22.3. The van der Waals surface area contributed by atoms with E-state index in [0.717, 1.165) is 18.4 Å². The van der Waals surface area contributed by atoms with Crippen LogP contribution in [-0.2, 0) is 9.59 Å². The van der Waals surface area contributed by atoms with E-state index in [4.69, 9.17) is 0 Å². The largest absolute Gasteiger partial charge is 0.274 e. The summed E-state index contributed by atoms with van der Waals surface area (Å²) >= 11 is 0. The van der Waals surface area contributed by atoms with Crippen molar-refractivity contribution in [1.82, 2.24) is 0 Å². The molecule has 0 N–H and O–H groups in total. The van der Waals surface area contributed by atoms with Crippen LogP contribution in [0.15, 0.2) is 35.9 Å². The van der Waals surface area contributed by atoms with Crippen LogP contribution in [0, 0.1) is 12.8 Å². The van der Waals surface area contributed by atoms with Gasteiger partial charge in [0.1, 0.15) is 0 Å². The highest BCUT2D eigenvalue weighted by Gasteiger charge is 2.35. The van der Waals surface area contributed by atoms with Crippen molar-refractivity contribution in [2.75, 3.05) is 4.90 Å². The molecule has 2 aliphatic rings. The number of amides is 2. The molecule has 3 heteroatoms. The lowest BCUT2D eigenvalue weighted by atomic mass is 9.87. The van der Waals surface area contributed by atoms with Crippen molar-refractivity contribution in [2.24, 2.45) is 5.92 Å². The molecule has 0 aromatic heterocycles. The minimum Gasteiger partial charge on any atom is -0.274 e. The Bertz CT molecular complexity index is 580. The van der Waals surface area contributed by atoms with Crippen molar-refractivity contribution < 1.29 is 9.59 Å². The maximum Gasteiger partial charge on any atom is 0.261 e. The summed E-state index contributed by atoms with van der Waals surface area (Å²) in [6, 6.07) is 7.54. The molecule has 2 fully saturated rings. The van der Waals surface area contributed by atoms with Gasteiger partial charge in [0.05, 0.1) is 12.1 Å². The Morgan fingerprint density at radius 2 is 1.71 bits per heavy atom. The maximum absolute atomic E-state index is 12.5. The van der Waals surface area contributed by atoms with Gasteiger partial charge in [0, 0.05) is 5.57 Å². The highest BCUT2D eigenvalue weighted by Crippen LogP contribution is 2.31. The summed E-state index contributed by atoms with van der Waals surface area (Å²) in [7, 11) is 0. The van der Waals surface area contributed by atoms with E-state index in [1.165, 1.54) is 24.2 Å². The summed E-state index contributed by atoms with van der Waals surface area (Å²) in [5.41, 5.74) is 2.49. The molecule has 110 valence electrons. The van der Waals surface area contributed by atoms with Crippen LogP contribution >= 0.6 is 0 Å². The summed E-state index contributed by atoms with van der Waals surface area (Å²) in [5.74, 6) is 0.240. The Kier molecular flexibility index (Phi) is 3.91. The third-order valence-electron chi connectivity index (χ3n) is 4.45. The molecule has 0 unspecified atom stereocenters. The Balaban J connectivity index is 1.81. The van der Waals surface area contributed by atoms with Crippen molar-refractivity contribution >= 4 is 17.5 Å². The molecule has 1 aliphatic carbocycles. The Hall–Kier alpha value is -1.90. The summed E-state index contributed by atoms with van der Waals surface area (Å²) < 4.78 is 0. The molecule has 2 amide bonds. The number of nitrogens with zero attached hydrogens (tertiary/aromatic N) is 1. The summed E-state index contributed by atoms with van der Waals surface area (Å²) in [6.07, 6.45) is 8.38. The fraction of sp³-hybridized carbons (Fsp3) is 0.444. The first-order valence-corrected chi connectivity index (χ1v) is 7.80. The molecule has 1 saturated carbocycles. The second-order valence-corrected chi connectivity index (χ2v) is 6.14. The molecule has 21 heavy (non-hydrogen) atoms. The predicted molar refractivity (Wildman–Crippen MR) is 82.9 cm³/mol. The highest BCUT2D eigenvalue weighted by molar-refractivity contribution is 6.28. The second kappa shape index (κ2) is 5.84. The van der Waals surface area contributed by atoms with Crippen LogP contribution in [0.2, 0.25) is 0 Å². The molecule has 0 spiro atoms. The number of hydrogen-bond acceptors (Lipinski definition) is 2. The zero-order chi connectivity index (χ0) is 14.8. The van der Waals surface area contributed by atoms with E-state index < -0.39 is 0 Å². The molecule has 3 rings (SSSR count). The van der Waals surface area contributed by atoms with Crippen molar-refractivity contribution in [3.8, 4) is 0 Å². The molecule has 1 aliphatic heterocycles. The minimum absolute atomic E-state index is 0.106. The van der Waals surface area contributed by atoms with Crippen molar-refractivity contribution in [2.45, 2.75) is 45.4 Å². The van der Waals surface area contributed by atoms with Gasteiger partial charge in [-0.15, -0.1) is 0 Å². The third-order valence-corrected chi connectivity index (χ3v) is 4.45. The average molecular weight is 283 g/mol. The number of carbonyl (C=O) groups excluding carboxylic acids is 2. The van der Waals surface area contributed by atoms with E-state index in [1.54, 1.807) is 0 Å². The number of anilines is 1. The van der Waals surface area contributed by atoms with Gasteiger partial charge >= 0.3 is 0 Å². The second-order valence-electron chi connectivity index (χ2n) is 6.14. The summed E-state index contributed by atoms with van der Waals surface area (Å²) in [5, 5.41) is 0. The summed E-state index contributed by atoms with van der Waals surface area (Å²) in [4.78, 5) is 26.0. The third kappa shape index (κ3) is 2.92. The lowest BCUT2D eigenvalue weighted by Gasteiger charge is -2.18. The first kappa shape index (κ1) is 14.1. The van der Waals surface area contributed by atoms with E-state index in [9.17, 15) is 9.59 Å². The molecule has 0 radical (unpaired) electrons. The van der Waals surface area contributed by atoms with Gasteiger partial charge in [0.2, 0.25) is 5.91 Å². The number of imide groups is 1. The van der Waals surface area contributed by atoms with Gasteiger partial charge in [-0.25, -0.2) is 4.90 Å². The Morgan fingerprint density at radius 1 is 1.05 bits per heavy atom. The lowest BCUT2D eigenvalue weighted by molar-refractivity contribution is -0.120. The molecule has 1 aromatic rings. The van der Waals surface area contributed by atoms with Gasteiger partial charge in [0.15, 0.2) is 0 Å². The molecule has 1 aromatic carbocycles. The van der Waals surface area contributed by atoms with Gasteiger partial charge in [-0.05, 0) is 37.8 Å². The van der Waals surface area contributed by atoms with Crippen LogP contribution in [0.1, 0.15) is 44.1 Å².